The lowest BCUT2D eigenvalue weighted by Gasteiger charge is -2.00. The summed E-state index contributed by atoms with van der Waals surface area (Å²) in [6.07, 6.45) is 1.43. The predicted octanol–water partition coefficient (Wildman–Crippen LogP) is -1.59. The number of rotatable bonds is 0. The third-order valence-corrected chi connectivity index (χ3v) is 0.665. The summed E-state index contributed by atoms with van der Waals surface area (Å²) in [6.45, 7) is 0. The molecule has 9 heavy (non-hydrogen) atoms. The molecule has 5 heteroatoms. The molecule has 0 heterocycles. The Bertz CT molecular complexity index is 181. The van der Waals surface area contributed by atoms with E-state index in [1.165, 1.54) is 6.19 Å². The van der Waals surface area contributed by atoms with Crippen molar-refractivity contribution in [2.75, 3.05) is 7.05 Å². The number of nitrogens with two attached hydrogens (primary N) is 1. The van der Waals surface area contributed by atoms with E-state index in [2.05, 4.69) is 5.73 Å². The van der Waals surface area contributed by atoms with Gasteiger partial charge in [0.05, 0.1) is 0 Å². The van der Waals surface area contributed by atoms with Crippen LogP contribution in [0.3, 0.4) is 0 Å². The van der Waals surface area contributed by atoms with Crippen LogP contribution >= 0.6 is 0 Å². The SMILES string of the molecule is CN(C#N)C(=O)C(N)=O. The molecule has 48 valence electrons. The molecule has 0 unspecified atom stereocenters. The Labute approximate surface area is 51.6 Å². The molecule has 0 aliphatic rings. The van der Waals surface area contributed by atoms with Gasteiger partial charge in [-0.15, -0.1) is 0 Å². The van der Waals surface area contributed by atoms with Gasteiger partial charge < -0.3 is 5.73 Å². The molecule has 0 aromatic carbocycles. The molecular formula is C4H5N3O2. The number of carbonyl (C=O) groups is 2. The van der Waals surface area contributed by atoms with Crippen LogP contribution in [0.25, 0.3) is 0 Å². The van der Waals surface area contributed by atoms with Crippen molar-refractivity contribution in [3.05, 3.63) is 0 Å². The molecule has 0 saturated heterocycles. The lowest BCUT2D eigenvalue weighted by Crippen LogP contribution is -2.34. The van der Waals surface area contributed by atoms with Gasteiger partial charge in [-0.25, -0.2) is 4.90 Å². The Morgan fingerprint density at radius 3 is 2.22 bits per heavy atom. The fraction of sp³-hybridized carbons (Fsp3) is 0.250. The average Bonchev–Trinajstić information content (AvgIpc) is 1.84. The highest BCUT2D eigenvalue weighted by Crippen LogP contribution is 1.76. The van der Waals surface area contributed by atoms with E-state index in [0.717, 1.165) is 7.05 Å². The Kier molecular flexibility index (Phi) is 2.20. The van der Waals surface area contributed by atoms with Gasteiger partial charge in [-0.05, 0) is 0 Å². The van der Waals surface area contributed by atoms with E-state index >= 15 is 0 Å². The molecule has 5 nitrogen and oxygen atoms in total. The van der Waals surface area contributed by atoms with Crippen LogP contribution in [0, 0.1) is 11.5 Å². The molecule has 0 radical (unpaired) electrons. The van der Waals surface area contributed by atoms with Crippen LogP contribution in [0.1, 0.15) is 0 Å². The maximum absolute atomic E-state index is 10.3. The quantitative estimate of drug-likeness (QED) is 0.242. The van der Waals surface area contributed by atoms with Crippen LogP contribution in [-0.2, 0) is 9.59 Å². The van der Waals surface area contributed by atoms with Crippen LogP contribution in [0.4, 0.5) is 0 Å². The second-order valence-electron chi connectivity index (χ2n) is 1.33. The van der Waals surface area contributed by atoms with Gasteiger partial charge in [-0.1, -0.05) is 0 Å². The summed E-state index contributed by atoms with van der Waals surface area (Å²) in [5.41, 5.74) is 4.53. The first kappa shape index (κ1) is 7.43. The van der Waals surface area contributed by atoms with Crippen LogP contribution in [0.5, 0.6) is 0 Å². The van der Waals surface area contributed by atoms with Gasteiger partial charge in [0.1, 0.15) is 0 Å². The minimum Gasteiger partial charge on any atom is -0.361 e. The molecule has 0 bridgehead atoms. The smallest absolute Gasteiger partial charge is 0.324 e. The van der Waals surface area contributed by atoms with E-state index in [-0.39, 0.29) is 0 Å². The highest BCUT2D eigenvalue weighted by molar-refractivity contribution is 6.34. The second kappa shape index (κ2) is 2.67. The monoisotopic (exact) mass is 127 g/mol. The van der Waals surface area contributed by atoms with Crippen molar-refractivity contribution >= 4 is 11.8 Å². The first-order valence-electron chi connectivity index (χ1n) is 2.06. The predicted molar refractivity (Wildman–Crippen MR) is 27.6 cm³/mol. The Balaban J connectivity index is 4.09. The lowest BCUT2D eigenvalue weighted by molar-refractivity contribution is -0.141. The van der Waals surface area contributed by atoms with Crippen molar-refractivity contribution in [1.82, 2.24) is 4.90 Å². The number of nitrogens with zero attached hydrogens (tertiary/aromatic N) is 2. The van der Waals surface area contributed by atoms with E-state index < -0.39 is 11.8 Å². The van der Waals surface area contributed by atoms with Crippen molar-refractivity contribution in [3.63, 3.8) is 0 Å². The maximum atomic E-state index is 10.3. The molecule has 0 spiro atoms. The number of primary amides is 1. The van der Waals surface area contributed by atoms with Gasteiger partial charge in [-0.3, -0.25) is 9.59 Å². The van der Waals surface area contributed by atoms with E-state index in [4.69, 9.17) is 5.26 Å². The summed E-state index contributed by atoms with van der Waals surface area (Å²) in [5.74, 6) is -2.13. The van der Waals surface area contributed by atoms with E-state index in [9.17, 15) is 9.59 Å². The summed E-state index contributed by atoms with van der Waals surface area (Å²) in [6, 6.07) is 0. The first-order valence-corrected chi connectivity index (χ1v) is 2.06. The Morgan fingerprint density at radius 2 is 2.11 bits per heavy atom. The molecule has 0 aromatic rings. The molecule has 0 aromatic heterocycles. The van der Waals surface area contributed by atoms with Crippen molar-refractivity contribution in [2.24, 2.45) is 5.73 Å². The summed E-state index contributed by atoms with van der Waals surface area (Å²) in [7, 11) is 1.16. The number of hydrogen-bond acceptors (Lipinski definition) is 3. The second-order valence-corrected chi connectivity index (χ2v) is 1.33. The van der Waals surface area contributed by atoms with Crippen molar-refractivity contribution in [3.8, 4) is 6.19 Å². The fourth-order valence-electron chi connectivity index (χ4n) is 0.211. The molecule has 0 rings (SSSR count). The maximum Gasteiger partial charge on any atom is 0.324 e. The van der Waals surface area contributed by atoms with Crippen LogP contribution < -0.4 is 5.73 Å². The third-order valence-electron chi connectivity index (χ3n) is 0.665. The molecule has 0 aliphatic carbocycles. The minimum absolute atomic E-state index is 0.558. The van der Waals surface area contributed by atoms with Gasteiger partial charge in [0.15, 0.2) is 6.19 Å². The lowest BCUT2D eigenvalue weighted by atomic mass is 10.5. The van der Waals surface area contributed by atoms with E-state index in [1.54, 1.807) is 0 Å². The van der Waals surface area contributed by atoms with Gasteiger partial charge >= 0.3 is 11.8 Å². The standard InChI is InChI=1S/C4H5N3O2/c1-7(2-5)4(9)3(6)8/h1H3,(H2,6,8). The average molecular weight is 127 g/mol. The zero-order valence-corrected chi connectivity index (χ0v) is 4.79. The fourth-order valence-corrected chi connectivity index (χ4v) is 0.211. The molecule has 2 N–H and O–H groups in total. The molecule has 0 fully saturated rings. The van der Waals surface area contributed by atoms with Gasteiger partial charge in [-0.2, -0.15) is 5.26 Å². The number of nitriles is 1. The number of likely N-dealkylation sites (N-methyl/N-ethyl adjacent to an activating group) is 1. The van der Waals surface area contributed by atoms with Crippen LogP contribution in [0.2, 0.25) is 0 Å². The largest absolute Gasteiger partial charge is 0.361 e. The van der Waals surface area contributed by atoms with E-state index in [0.29, 0.717) is 4.90 Å². The number of hydrogen-bond donors (Lipinski definition) is 1. The zero-order valence-electron chi connectivity index (χ0n) is 4.79. The van der Waals surface area contributed by atoms with Crippen molar-refractivity contribution < 1.29 is 9.59 Å². The molecule has 0 atom stereocenters. The summed E-state index contributed by atoms with van der Waals surface area (Å²) >= 11 is 0. The highest BCUT2D eigenvalue weighted by atomic mass is 16.2. The van der Waals surface area contributed by atoms with Gasteiger partial charge in [0.25, 0.3) is 0 Å². The van der Waals surface area contributed by atoms with Crippen LogP contribution in [-0.4, -0.2) is 23.8 Å². The topological polar surface area (TPSA) is 87.2 Å². The zero-order chi connectivity index (χ0) is 7.44. The van der Waals surface area contributed by atoms with Gasteiger partial charge in [0.2, 0.25) is 0 Å². The summed E-state index contributed by atoms with van der Waals surface area (Å²) in [4.78, 5) is 20.8. The van der Waals surface area contributed by atoms with Gasteiger partial charge in [0, 0.05) is 7.05 Å². The van der Waals surface area contributed by atoms with Crippen molar-refractivity contribution in [2.45, 2.75) is 0 Å². The first-order chi connectivity index (χ1) is 4.09. The highest BCUT2D eigenvalue weighted by Gasteiger charge is 2.12. The van der Waals surface area contributed by atoms with Crippen molar-refractivity contribution in [1.29, 1.82) is 5.26 Å². The molecule has 2 amide bonds. The number of carbonyl (C=O) groups excluding carboxylic acids is 2. The molecule has 0 saturated carbocycles. The molecular weight excluding hydrogens is 122 g/mol. The summed E-state index contributed by atoms with van der Waals surface area (Å²) in [5, 5.41) is 8.00. The summed E-state index contributed by atoms with van der Waals surface area (Å²) < 4.78 is 0. The minimum atomic E-state index is -1.13. The number of amides is 2. The van der Waals surface area contributed by atoms with E-state index in [1.807, 2.05) is 0 Å². The normalized spacial score (nSPS) is 7.56. The molecule has 0 aliphatic heterocycles. The third kappa shape index (κ3) is 1.78. The Hall–Kier alpha value is -1.57. The van der Waals surface area contributed by atoms with Crippen LogP contribution in [0.15, 0.2) is 0 Å². The Morgan fingerprint density at radius 1 is 1.67 bits per heavy atom.